The molecule has 0 aliphatic carbocycles. The Hall–Kier alpha value is -1.11. The highest BCUT2D eigenvalue weighted by atomic mass is 79.9. The number of rotatable bonds is 5. The van der Waals surface area contributed by atoms with Crippen LogP contribution in [-0.2, 0) is 0 Å². The van der Waals surface area contributed by atoms with Crippen molar-refractivity contribution in [2.75, 3.05) is 6.61 Å². The van der Waals surface area contributed by atoms with E-state index in [1.807, 2.05) is 6.92 Å². The zero-order chi connectivity index (χ0) is 14.5. The number of hydrogen-bond donors (Lipinski definition) is 0. The first-order chi connectivity index (χ1) is 9.58. The molecule has 0 saturated carbocycles. The van der Waals surface area contributed by atoms with E-state index in [9.17, 15) is 0 Å². The van der Waals surface area contributed by atoms with Crippen LogP contribution in [0.4, 0.5) is 0 Å². The first-order valence-corrected chi connectivity index (χ1v) is 7.30. The standard InChI is InChI=1S/C12H10BrCl2N3O2/c1-2-5-19-11-16-10(15)17-12(18-11)20-9-4-3-7(13)6-8(9)14/h3-4,6H,2,5H2,1H3. The summed E-state index contributed by atoms with van der Waals surface area (Å²) < 4.78 is 11.6. The van der Waals surface area contributed by atoms with Crippen LogP contribution in [0.15, 0.2) is 22.7 Å². The van der Waals surface area contributed by atoms with Crippen molar-refractivity contribution in [1.29, 1.82) is 0 Å². The summed E-state index contributed by atoms with van der Waals surface area (Å²) >= 11 is 15.2. The van der Waals surface area contributed by atoms with Gasteiger partial charge in [-0.15, -0.1) is 4.98 Å². The fourth-order valence-electron chi connectivity index (χ4n) is 1.27. The second-order valence-corrected chi connectivity index (χ2v) is 5.36. The SMILES string of the molecule is CCCOc1nc(Cl)nc(Oc2ccc(Br)cc2Cl)n1. The van der Waals surface area contributed by atoms with E-state index in [-0.39, 0.29) is 17.3 Å². The zero-order valence-electron chi connectivity index (χ0n) is 10.4. The molecule has 0 aliphatic rings. The minimum absolute atomic E-state index is 0.00524. The van der Waals surface area contributed by atoms with Crippen LogP contribution in [0.25, 0.3) is 0 Å². The van der Waals surface area contributed by atoms with Crippen molar-refractivity contribution in [1.82, 2.24) is 15.0 Å². The Kier molecular flexibility index (Phi) is 5.39. The Morgan fingerprint density at radius 1 is 1.15 bits per heavy atom. The van der Waals surface area contributed by atoms with E-state index >= 15 is 0 Å². The lowest BCUT2D eigenvalue weighted by atomic mass is 10.3. The summed E-state index contributed by atoms with van der Waals surface area (Å²) in [6.07, 6.45) is 0.831. The topological polar surface area (TPSA) is 57.1 Å². The number of benzene rings is 1. The second-order valence-electron chi connectivity index (χ2n) is 3.69. The number of hydrogen-bond acceptors (Lipinski definition) is 5. The summed E-state index contributed by atoms with van der Waals surface area (Å²) in [6.45, 7) is 2.46. The van der Waals surface area contributed by atoms with E-state index in [1.54, 1.807) is 18.2 Å². The van der Waals surface area contributed by atoms with Crippen LogP contribution in [0, 0.1) is 0 Å². The molecular formula is C12H10BrCl2N3O2. The lowest BCUT2D eigenvalue weighted by Gasteiger charge is -2.07. The van der Waals surface area contributed by atoms with Gasteiger partial charge in [-0.1, -0.05) is 34.5 Å². The van der Waals surface area contributed by atoms with Crippen molar-refractivity contribution < 1.29 is 9.47 Å². The number of halogens is 3. The highest BCUT2D eigenvalue weighted by Gasteiger charge is 2.10. The third-order valence-electron chi connectivity index (χ3n) is 2.10. The van der Waals surface area contributed by atoms with Crippen LogP contribution in [0.5, 0.6) is 17.8 Å². The molecule has 0 N–H and O–H groups in total. The normalized spacial score (nSPS) is 10.4. The fourth-order valence-corrected chi connectivity index (χ4v) is 2.13. The van der Waals surface area contributed by atoms with E-state index in [2.05, 4.69) is 30.9 Å². The Balaban J connectivity index is 2.21. The number of nitrogens with zero attached hydrogens (tertiary/aromatic N) is 3. The zero-order valence-corrected chi connectivity index (χ0v) is 13.5. The quantitative estimate of drug-likeness (QED) is 0.765. The molecule has 1 heterocycles. The maximum absolute atomic E-state index is 6.05. The van der Waals surface area contributed by atoms with E-state index in [0.717, 1.165) is 10.9 Å². The summed E-state index contributed by atoms with van der Waals surface area (Å²) in [5.41, 5.74) is 0. The van der Waals surface area contributed by atoms with Crippen LogP contribution in [0.3, 0.4) is 0 Å². The predicted octanol–water partition coefficient (Wildman–Crippen LogP) is 4.52. The van der Waals surface area contributed by atoms with Gasteiger partial charge in [0, 0.05) is 4.47 Å². The van der Waals surface area contributed by atoms with Gasteiger partial charge in [0.05, 0.1) is 11.6 Å². The van der Waals surface area contributed by atoms with Gasteiger partial charge in [0.25, 0.3) is 0 Å². The van der Waals surface area contributed by atoms with Gasteiger partial charge >= 0.3 is 12.0 Å². The summed E-state index contributed by atoms with van der Waals surface area (Å²) in [5, 5.41) is 0.418. The van der Waals surface area contributed by atoms with Crippen LogP contribution >= 0.6 is 39.1 Å². The van der Waals surface area contributed by atoms with E-state index < -0.39 is 0 Å². The summed E-state index contributed by atoms with van der Waals surface area (Å²) in [6, 6.07) is 5.33. The largest absolute Gasteiger partial charge is 0.463 e. The Morgan fingerprint density at radius 2 is 1.90 bits per heavy atom. The summed E-state index contributed by atoms with van der Waals surface area (Å²) in [5.74, 6) is 0.415. The third-order valence-corrected chi connectivity index (χ3v) is 3.06. The van der Waals surface area contributed by atoms with E-state index in [4.69, 9.17) is 32.7 Å². The maximum atomic E-state index is 6.05. The molecule has 106 valence electrons. The van der Waals surface area contributed by atoms with Gasteiger partial charge in [-0.3, -0.25) is 0 Å². The summed E-state index contributed by atoms with van der Waals surface area (Å²) in [4.78, 5) is 11.7. The second kappa shape index (κ2) is 7.06. The number of aromatic nitrogens is 3. The minimum atomic E-state index is -0.00524. The molecule has 2 aromatic rings. The molecule has 0 atom stereocenters. The molecule has 0 unspecified atom stereocenters. The lowest BCUT2D eigenvalue weighted by Crippen LogP contribution is -2.03. The van der Waals surface area contributed by atoms with Gasteiger partial charge in [0.1, 0.15) is 5.75 Å². The van der Waals surface area contributed by atoms with Crippen LogP contribution < -0.4 is 9.47 Å². The highest BCUT2D eigenvalue weighted by molar-refractivity contribution is 9.10. The molecule has 20 heavy (non-hydrogen) atoms. The smallest absolute Gasteiger partial charge is 0.329 e. The predicted molar refractivity (Wildman–Crippen MR) is 79.8 cm³/mol. The molecule has 2 rings (SSSR count). The van der Waals surface area contributed by atoms with Crippen molar-refractivity contribution in [2.24, 2.45) is 0 Å². The average Bonchev–Trinajstić information content (AvgIpc) is 2.39. The first-order valence-electron chi connectivity index (χ1n) is 5.75. The Bertz CT molecular complexity index is 613. The van der Waals surface area contributed by atoms with Crippen molar-refractivity contribution in [3.8, 4) is 17.8 Å². The molecule has 0 saturated heterocycles. The molecule has 1 aromatic heterocycles. The molecule has 0 radical (unpaired) electrons. The van der Waals surface area contributed by atoms with Gasteiger partial charge in [-0.2, -0.15) is 9.97 Å². The Morgan fingerprint density at radius 3 is 2.60 bits per heavy atom. The van der Waals surface area contributed by atoms with Crippen molar-refractivity contribution in [3.63, 3.8) is 0 Å². The third kappa shape index (κ3) is 4.19. The first kappa shape index (κ1) is 15.3. The monoisotopic (exact) mass is 377 g/mol. The van der Waals surface area contributed by atoms with Gasteiger partial charge in [-0.25, -0.2) is 0 Å². The molecule has 0 aliphatic heterocycles. The van der Waals surface area contributed by atoms with E-state index in [0.29, 0.717) is 17.4 Å². The maximum Gasteiger partial charge on any atom is 0.329 e. The highest BCUT2D eigenvalue weighted by Crippen LogP contribution is 2.30. The summed E-state index contributed by atoms with van der Waals surface area (Å²) in [7, 11) is 0. The van der Waals surface area contributed by atoms with Gasteiger partial charge in [0.2, 0.25) is 5.28 Å². The van der Waals surface area contributed by atoms with Crippen molar-refractivity contribution >= 4 is 39.1 Å². The Labute approximate surface area is 134 Å². The van der Waals surface area contributed by atoms with Gasteiger partial charge in [-0.05, 0) is 36.2 Å². The average molecular weight is 379 g/mol. The molecule has 5 nitrogen and oxygen atoms in total. The van der Waals surface area contributed by atoms with Crippen molar-refractivity contribution in [3.05, 3.63) is 33.0 Å². The van der Waals surface area contributed by atoms with Crippen LogP contribution in [-0.4, -0.2) is 21.6 Å². The molecule has 0 bridgehead atoms. The number of ether oxygens (including phenoxy) is 2. The molecule has 1 aromatic carbocycles. The van der Waals surface area contributed by atoms with Crippen LogP contribution in [0.2, 0.25) is 10.3 Å². The van der Waals surface area contributed by atoms with Gasteiger partial charge < -0.3 is 9.47 Å². The fraction of sp³-hybridized carbons (Fsp3) is 0.250. The van der Waals surface area contributed by atoms with Gasteiger partial charge in [0.15, 0.2) is 0 Å². The molecule has 0 fully saturated rings. The minimum Gasteiger partial charge on any atom is -0.463 e. The molecule has 0 amide bonds. The molecular weight excluding hydrogens is 369 g/mol. The van der Waals surface area contributed by atoms with Crippen molar-refractivity contribution in [2.45, 2.75) is 13.3 Å². The van der Waals surface area contributed by atoms with E-state index in [1.165, 1.54) is 0 Å². The lowest BCUT2D eigenvalue weighted by molar-refractivity contribution is 0.284. The van der Waals surface area contributed by atoms with Crippen LogP contribution in [0.1, 0.15) is 13.3 Å². The molecule has 0 spiro atoms. The molecule has 8 heteroatoms.